The highest BCUT2D eigenvalue weighted by Gasteiger charge is 2.46. The maximum absolute atomic E-state index is 11.3. The standard InChI is InChI=1S/C15H13NO4/c17-14-11-8-4-5-9-12(11)20-15(13(14)16(18)19)10-6-2-1-3-7-10/h1-9,13-15,17H/t13-,14+,15-/m0/s1. The molecule has 3 atom stereocenters. The lowest BCUT2D eigenvalue weighted by atomic mass is 9.90. The Morgan fingerprint density at radius 2 is 1.70 bits per heavy atom. The van der Waals surface area contributed by atoms with Gasteiger partial charge in [0, 0.05) is 10.5 Å². The number of aliphatic hydroxyl groups is 1. The molecule has 3 rings (SSSR count). The first-order chi connectivity index (χ1) is 9.68. The first kappa shape index (κ1) is 12.6. The van der Waals surface area contributed by atoms with Gasteiger partial charge < -0.3 is 9.84 Å². The van der Waals surface area contributed by atoms with Gasteiger partial charge in [-0.25, -0.2) is 0 Å². The Hall–Kier alpha value is -2.40. The average Bonchev–Trinajstić information content (AvgIpc) is 2.47. The second-order valence-electron chi connectivity index (χ2n) is 4.71. The minimum Gasteiger partial charge on any atom is -0.478 e. The van der Waals surface area contributed by atoms with Crippen LogP contribution in [0.25, 0.3) is 0 Å². The number of ether oxygens (including phenoxy) is 1. The molecular weight excluding hydrogens is 258 g/mol. The molecule has 1 aliphatic heterocycles. The van der Waals surface area contributed by atoms with Crippen molar-refractivity contribution < 1.29 is 14.8 Å². The molecule has 1 aliphatic rings. The Balaban J connectivity index is 2.08. The molecule has 0 aliphatic carbocycles. The number of para-hydroxylation sites is 1. The van der Waals surface area contributed by atoms with Gasteiger partial charge in [0.2, 0.25) is 0 Å². The summed E-state index contributed by atoms with van der Waals surface area (Å²) in [7, 11) is 0. The molecule has 0 unspecified atom stereocenters. The maximum Gasteiger partial charge on any atom is 0.283 e. The SMILES string of the molecule is O=[N+]([O-])[C@H]1[C@H](O)c2ccccc2O[C@H]1c1ccccc1. The van der Waals surface area contributed by atoms with E-state index in [1.54, 1.807) is 48.5 Å². The van der Waals surface area contributed by atoms with Crippen molar-refractivity contribution in [2.75, 3.05) is 0 Å². The lowest BCUT2D eigenvalue weighted by Crippen LogP contribution is -2.40. The second kappa shape index (κ2) is 4.94. The highest BCUT2D eigenvalue weighted by Crippen LogP contribution is 2.41. The topological polar surface area (TPSA) is 72.6 Å². The predicted molar refractivity (Wildman–Crippen MR) is 72.0 cm³/mol. The summed E-state index contributed by atoms with van der Waals surface area (Å²) in [6, 6.07) is 14.6. The number of nitro groups is 1. The van der Waals surface area contributed by atoms with Crippen molar-refractivity contribution in [1.82, 2.24) is 0 Å². The van der Waals surface area contributed by atoms with Gasteiger partial charge in [-0.15, -0.1) is 0 Å². The van der Waals surface area contributed by atoms with E-state index in [9.17, 15) is 15.2 Å². The molecule has 1 heterocycles. The van der Waals surface area contributed by atoms with Gasteiger partial charge in [0.15, 0.2) is 12.2 Å². The van der Waals surface area contributed by atoms with Crippen LogP contribution in [0.1, 0.15) is 23.3 Å². The Labute approximate surface area is 115 Å². The van der Waals surface area contributed by atoms with Gasteiger partial charge in [0.05, 0.1) is 0 Å². The molecule has 2 aromatic rings. The van der Waals surface area contributed by atoms with Crippen LogP contribution in [0.2, 0.25) is 0 Å². The van der Waals surface area contributed by atoms with Gasteiger partial charge in [-0.05, 0) is 11.6 Å². The van der Waals surface area contributed by atoms with Crippen LogP contribution in [0.15, 0.2) is 54.6 Å². The van der Waals surface area contributed by atoms with E-state index in [0.29, 0.717) is 16.9 Å². The summed E-state index contributed by atoms with van der Waals surface area (Å²) in [6.07, 6.45) is -1.98. The molecule has 0 aromatic heterocycles. The second-order valence-corrected chi connectivity index (χ2v) is 4.71. The Morgan fingerprint density at radius 3 is 2.40 bits per heavy atom. The number of benzene rings is 2. The molecule has 0 spiro atoms. The fraction of sp³-hybridized carbons (Fsp3) is 0.200. The third kappa shape index (κ3) is 2.02. The number of aliphatic hydroxyl groups excluding tert-OH is 1. The highest BCUT2D eigenvalue weighted by molar-refractivity contribution is 5.39. The number of hydrogen-bond donors (Lipinski definition) is 1. The third-order valence-corrected chi connectivity index (χ3v) is 3.50. The van der Waals surface area contributed by atoms with Crippen LogP contribution in [0, 0.1) is 10.1 Å². The van der Waals surface area contributed by atoms with E-state index in [1.807, 2.05) is 6.07 Å². The highest BCUT2D eigenvalue weighted by atomic mass is 16.6. The molecule has 0 amide bonds. The zero-order valence-corrected chi connectivity index (χ0v) is 10.5. The Bertz CT molecular complexity index is 629. The summed E-state index contributed by atoms with van der Waals surface area (Å²) in [5.74, 6) is 0.493. The van der Waals surface area contributed by atoms with Crippen LogP contribution in [-0.2, 0) is 0 Å². The van der Waals surface area contributed by atoms with Gasteiger partial charge in [-0.3, -0.25) is 10.1 Å². The van der Waals surface area contributed by atoms with Crippen molar-refractivity contribution in [2.24, 2.45) is 0 Å². The van der Waals surface area contributed by atoms with Crippen LogP contribution in [0.4, 0.5) is 0 Å². The van der Waals surface area contributed by atoms with E-state index in [-0.39, 0.29) is 0 Å². The van der Waals surface area contributed by atoms with E-state index in [0.717, 1.165) is 0 Å². The summed E-state index contributed by atoms with van der Waals surface area (Å²) >= 11 is 0. The first-order valence-corrected chi connectivity index (χ1v) is 6.30. The van der Waals surface area contributed by atoms with Gasteiger partial charge in [-0.2, -0.15) is 0 Å². The van der Waals surface area contributed by atoms with Crippen LogP contribution in [-0.4, -0.2) is 16.1 Å². The lowest BCUT2D eigenvalue weighted by molar-refractivity contribution is -0.549. The Kier molecular flexibility index (Phi) is 3.12. The fourth-order valence-corrected chi connectivity index (χ4v) is 2.52. The van der Waals surface area contributed by atoms with Crippen molar-refractivity contribution in [3.8, 4) is 5.75 Å². The van der Waals surface area contributed by atoms with Crippen LogP contribution < -0.4 is 4.74 Å². The van der Waals surface area contributed by atoms with Crippen molar-refractivity contribution in [2.45, 2.75) is 18.2 Å². The van der Waals surface area contributed by atoms with Crippen molar-refractivity contribution >= 4 is 0 Å². The quantitative estimate of drug-likeness (QED) is 0.672. The molecule has 0 saturated heterocycles. The molecule has 5 nitrogen and oxygen atoms in total. The lowest BCUT2D eigenvalue weighted by Gasteiger charge is -2.32. The normalized spacial score (nSPS) is 24.6. The summed E-state index contributed by atoms with van der Waals surface area (Å²) < 4.78 is 5.76. The summed E-state index contributed by atoms with van der Waals surface area (Å²) in [5.41, 5.74) is 1.14. The monoisotopic (exact) mass is 271 g/mol. The fourth-order valence-electron chi connectivity index (χ4n) is 2.52. The summed E-state index contributed by atoms with van der Waals surface area (Å²) in [6.45, 7) is 0. The number of fused-ring (bicyclic) bond motifs is 1. The van der Waals surface area contributed by atoms with Gasteiger partial charge >= 0.3 is 0 Å². The van der Waals surface area contributed by atoms with Crippen molar-refractivity contribution in [1.29, 1.82) is 0 Å². The summed E-state index contributed by atoms with van der Waals surface area (Å²) in [5, 5.41) is 21.6. The van der Waals surface area contributed by atoms with E-state index >= 15 is 0 Å². The third-order valence-electron chi connectivity index (χ3n) is 3.50. The zero-order chi connectivity index (χ0) is 14.1. The molecule has 0 radical (unpaired) electrons. The molecule has 0 bridgehead atoms. The molecule has 5 heteroatoms. The van der Waals surface area contributed by atoms with Crippen LogP contribution in [0.5, 0.6) is 5.75 Å². The molecule has 20 heavy (non-hydrogen) atoms. The Morgan fingerprint density at radius 1 is 1.05 bits per heavy atom. The minimum absolute atomic E-state index is 0.460. The molecule has 0 fully saturated rings. The maximum atomic E-state index is 11.3. The van der Waals surface area contributed by atoms with Crippen molar-refractivity contribution in [3.05, 3.63) is 75.8 Å². The average molecular weight is 271 g/mol. The largest absolute Gasteiger partial charge is 0.478 e. The van der Waals surface area contributed by atoms with Gasteiger partial charge in [0.25, 0.3) is 6.04 Å². The number of nitrogens with zero attached hydrogens (tertiary/aromatic N) is 1. The smallest absolute Gasteiger partial charge is 0.283 e. The van der Waals surface area contributed by atoms with Gasteiger partial charge in [-0.1, -0.05) is 48.5 Å². The first-order valence-electron chi connectivity index (χ1n) is 6.30. The van der Waals surface area contributed by atoms with Crippen LogP contribution in [0.3, 0.4) is 0 Å². The van der Waals surface area contributed by atoms with Crippen LogP contribution >= 0.6 is 0 Å². The molecule has 0 saturated carbocycles. The van der Waals surface area contributed by atoms with Gasteiger partial charge in [0.1, 0.15) is 5.75 Å². The summed E-state index contributed by atoms with van der Waals surface area (Å²) in [4.78, 5) is 10.8. The number of hydrogen-bond acceptors (Lipinski definition) is 4. The number of rotatable bonds is 2. The minimum atomic E-state index is -1.22. The predicted octanol–water partition coefficient (Wildman–Crippen LogP) is 2.50. The molecule has 2 aromatic carbocycles. The van der Waals surface area contributed by atoms with E-state index in [1.165, 1.54) is 0 Å². The molecule has 1 N–H and O–H groups in total. The zero-order valence-electron chi connectivity index (χ0n) is 10.5. The van der Waals surface area contributed by atoms with E-state index in [2.05, 4.69) is 0 Å². The molecule has 102 valence electrons. The van der Waals surface area contributed by atoms with E-state index < -0.39 is 23.2 Å². The van der Waals surface area contributed by atoms with Crippen molar-refractivity contribution in [3.63, 3.8) is 0 Å². The molecular formula is C15H13NO4. The van der Waals surface area contributed by atoms with E-state index in [4.69, 9.17) is 4.74 Å².